The van der Waals surface area contributed by atoms with Crippen LogP contribution in [0.1, 0.15) is 29.7 Å². The summed E-state index contributed by atoms with van der Waals surface area (Å²) in [6.07, 6.45) is 0.0648. The van der Waals surface area contributed by atoms with Crippen molar-refractivity contribution in [3.05, 3.63) is 53.2 Å². The van der Waals surface area contributed by atoms with Gasteiger partial charge in [-0.1, -0.05) is 18.2 Å². The van der Waals surface area contributed by atoms with Gasteiger partial charge < -0.3 is 28.7 Å². The largest absolute Gasteiger partial charge is 0.496 e. The molecule has 1 amide bonds. The molecule has 0 unspecified atom stereocenters. The number of hydrogen-bond acceptors (Lipinski definition) is 8. The van der Waals surface area contributed by atoms with Crippen molar-refractivity contribution < 1.29 is 38.1 Å². The Bertz CT molecular complexity index is 1370. The van der Waals surface area contributed by atoms with E-state index in [1.807, 2.05) is 24.3 Å². The number of carbonyl (C=O) groups is 3. The topological polar surface area (TPSA) is 116 Å². The van der Waals surface area contributed by atoms with Gasteiger partial charge in [0.15, 0.2) is 0 Å². The van der Waals surface area contributed by atoms with Gasteiger partial charge in [-0.25, -0.2) is 9.59 Å². The van der Waals surface area contributed by atoms with E-state index in [4.69, 9.17) is 23.7 Å². The number of aromatic amines is 1. The van der Waals surface area contributed by atoms with Crippen molar-refractivity contribution in [2.24, 2.45) is 0 Å². The molecule has 194 valence electrons. The zero-order valence-corrected chi connectivity index (χ0v) is 21.1. The van der Waals surface area contributed by atoms with Crippen LogP contribution < -0.4 is 14.2 Å². The molecule has 1 saturated heterocycles. The second kappa shape index (κ2) is 9.34. The molecule has 2 aliphatic rings. The smallest absolute Gasteiger partial charge is 0.418 e. The monoisotopic (exact) mass is 508 g/mol. The van der Waals surface area contributed by atoms with E-state index in [1.54, 1.807) is 12.1 Å². The normalized spacial score (nSPS) is 21.3. The van der Waals surface area contributed by atoms with Crippen molar-refractivity contribution in [1.29, 1.82) is 0 Å². The molecule has 3 heterocycles. The van der Waals surface area contributed by atoms with Gasteiger partial charge in [0.1, 0.15) is 28.7 Å². The zero-order valence-electron chi connectivity index (χ0n) is 21.1. The van der Waals surface area contributed by atoms with E-state index in [0.29, 0.717) is 40.5 Å². The van der Waals surface area contributed by atoms with Crippen LogP contribution >= 0.6 is 0 Å². The lowest BCUT2D eigenvalue weighted by Gasteiger charge is -2.34. The van der Waals surface area contributed by atoms with Gasteiger partial charge in [-0.15, -0.1) is 0 Å². The molecular formula is C27H28N2O8. The number of carbonyl (C=O) groups excluding carboxylic acids is 3. The van der Waals surface area contributed by atoms with Gasteiger partial charge in [0, 0.05) is 41.7 Å². The quantitative estimate of drug-likeness (QED) is 0.412. The Morgan fingerprint density at radius 3 is 2.41 bits per heavy atom. The van der Waals surface area contributed by atoms with E-state index in [1.165, 1.54) is 33.3 Å². The molecule has 1 N–H and O–H groups in total. The van der Waals surface area contributed by atoms with Gasteiger partial charge in [0.05, 0.1) is 34.0 Å². The van der Waals surface area contributed by atoms with Crippen molar-refractivity contribution >= 4 is 28.9 Å². The number of aromatic nitrogens is 1. The molecule has 0 aliphatic carbocycles. The highest BCUT2D eigenvalue weighted by molar-refractivity contribution is 5.98. The van der Waals surface area contributed by atoms with Crippen molar-refractivity contribution in [1.82, 2.24) is 9.88 Å². The van der Waals surface area contributed by atoms with Gasteiger partial charge in [-0.3, -0.25) is 9.69 Å². The van der Waals surface area contributed by atoms with Crippen LogP contribution in [0.25, 0.3) is 10.9 Å². The summed E-state index contributed by atoms with van der Waals surface area (Å²) in [6.45, 7) is 0.219. The second-order valence-corrected chi connectivity index (χ2v) is 9.03. The zero-order chi connectivity index (χ0) is 26.3. The molecule has 0 saturated carbocycles. The lowest BCUT2D eigenvalue weighted by Crippen LogP contribution is -2.40. The Labute approximate surface area is 213 Å². The predicted molar refractivity (Wildman–Crippen MR) is 132 cm³/mol. The Balaban J connectivity index is 1.88. The Morgan fingerprint density at radius 2 is 1.76 bits per heavy atom. The molecule has 0 spiro atoms. The van der Waals surface area contributed by atoms with Gasteiger partial charge in [0.2, 0.25) is 0 Å². The highest BCUT2D eigenvalue weighted by Crippen LogP contribution is 2.51. The number of nitrogens with zero attached hydrogens (tertiary/aromatic N) is 1. The number of benzene rings is 2. The molecule has 3 aromatic rings. The van der Waals surface area contributed by atoms with Gasteiger partial charge in [0.25, 0.3) is 0 Å². The summed E-state index contributed by atoms with van der Waals surface area (Å²) in [5.41, 5.74) is 1.09. The first kappa shape index (κ1) is 24.5. The molecule has 10 nitrogen and oxygen atoms in total. The van der Waals surface area contributed by atoms with E-state index in [2.05, 4.69) is 4.98 Å². The van der Waals surface area contributed by atoms with Crippen molar-refractivity contribution in [3.8, 4) is 17.2 Å². The fourth-order valence-electron chi connectivity index (χ4n) is 5.67. The van der Waals surface area contributed by atoms with Crippen LogP contribution in [0, 0.1) is 0 Å². The summed E-state index contributed by atoms with van der Waals surface area (Å²) in [6, 6.07) is 10.2. The first-order valence-corrected chi connectivity index (χ1v) is 11.9. The fraction of sp³-hybridized carbons (Fsp3) is 0.370. The lowest BCUT2D eigenvalue weighted by atomic mass is 9.71. The molecule has 10 heteroatoms. The minimum Gasteiger partial charge on any atom is -0.496 e. The first-order valence-electron chi connectivity index (χ1n) is 11.9. The summed E-state index contributed by atoms with van der Waals surface area (Å²) in [4.78, 5) is 44.2. The van der Waals surface area contributed by atoms with Crippen LogP contribution in [0.3, 0.4) is 0 Å². The van der Waals surface area contributed by atoms with E-state index >= 15 is 0 Å². The number of methoxy groups -OCH3 is 4. The fourth-order valence-corrected chi connectivity index (χ4v) is 5.67. The molecule has 2 atom stereocenters. The van der Waals surface area contributed by atoms with E-state index in [0.717, 1.165) is 10.9 Å². The van der Waals surface area contributed by atoms with Crippen molar-refractivity contribution in [3.63, 3.8) is 0 Å². The number of nitrogens with one attached hydrogen (secondary N) is 1. The molecule has 2 aromatic carbocycles. The molecule has 37 heavy (non-hydrogen) atoms. The first-order chi connectivity index (χ1) is 17.9. The SMILES string of the molecule is COC(=O)[C@@]1(c2c(OC)cc(OC)cc2OC)CCCN2C(=O)OC(=O)[C@@H]2Cc2c1[nH]c1ccccc21. The molecule has 1 aromatic heterocycles. The minimum atomic E-state index is -1.42. The van der Waals surface area contributed by atoms with E-state index < -0.39 is 29.5 Å². The second-order valence-electron chi connectivity index (χ2n) is 9.03. The predicted octanol–water partition coefficient (Wildman–Crippen LogP) is 3.34. The van der Waals surface area contributed by atoms with E-state index in [9.17, 15) is 14.4 Å². The third kappa shape index (κ3) is 3.66. The molecule has 1 fully saturated rings. The average Bonchev–Trinajstić information content (AvgIpc) is 3.43. The summed E-state index contributed by atoms with van der Waals surface area (Å²) >= 11 is 0. The number of H-pyrrole nitrogens is 1. The van der Waals surface area contributed by atoms with Crippen LogP contribution in [0.5, 0.6) is 17.2 Å². The highest BCUT2D eigenvalue weighted by Gasteiger charge is 2.52. The maximum atomic E-state index is 14.0. The van der Waals surface area contributed by atoms with Crippen molar-refractivity contribution in [2.45, 2.75) is 30.7 Å². The molecule has 0 radical (unpaired) electrons. The van der Waals surface area contributed by atoms with E-state index in [-0.39, 0.29) is 19.4 Å². The number of hydrogen-bond donors (Lipinski definition) is 1. The van der Waals surface area contributed by atoms with Crippen molar-refractivity contribution in [2.75, 3.05) is 35.0 Å². The maximum Gasteiger partial charge on any atom is 0.418 e. The molecular weight excluding hydrogens is 480 g/mol. The summed E-state index contributed by atoms with van der Waals surface area (Å²) in [5, 5.41) is 0.825. The number of ether oxygens (including phenoxy) is 5. The minimum absolute atomic E-state index is 0.156. The number of amides is 1. The summed E-state index contributed by atoms with van der Waals surface area (Å²) in [5.74, 6) is 0.110. The van der Waals surface area contributed by atoms with Crippen LogP contribution in [0.15, 0.2) is 36.4 Å². The van der Waals surface area contributed by atoms with Gasteiger partial charge in [-0.05, 0) is 24.5 Å². The third-order valence-electron chi connectivity index (χ3n) is 7.34. The number of para-hydroxylation sites is 1. The Kier molecular flexibility index (Phi) is 6.18. The van der Waals surface area contributed by atoms with Crippen LogP contribution in [0.2, 0.25) is 0 Å². The Hall–Kier alpha value is -4.21. The number of cyclic esters (lactones) is 2. The van der Waals surface area contributed by atoms with Crippen LogP contribution in [-0.4, -0.2) is 68.9 Å². The number of rotatable bonds is 5. The van der Waals surface area contributed by atoms with Gasteiger partial charge >= 0.3 is 18.0 Å². The number of fused-ring (bicyclic) bond motifs is 4. The molecule has 0 bridgehead atoms. The lowest BCUT2D eigenvalue weighted by molar-refractivity contribution is -0.146. The third-order valence-corrected chi connectivity index (χ3v) is 7.34. The summed E-state index contributed by atoms with van der Waals surface area (Å²) < 4.78 is 27.4. The van der Waals surface area contributed by atoms with Crippen LogP contribution in [0.4, 0.5) is 4.79 Å². The number of esters is 2. The van der Waals surface area contributed by atoms with Crippen LogP contribution in [-0.2, 0) is 30.9 Å². The maximum absolute atomic E-state index is 14.0. The standard InChI is InChI=1S/C27H28N2O8/c1-33-15-12-20(34-2)22(21(13-15)35-3)27(25(31)36-4)10-7-11-29-19(24(30)37-26(29)32)14-17-16-8-5-6-9-18(16)28-23(17)27/h5-6,8-9,12-13,19,28H,7,10-11,14H2,1-4H3/t19-,27+/m0/s1. The van der Waals surface area contributed by atoms with Gasteiger partial charge in [-0.2, -0.15) is 0 Å². The Morgan fingerprint density at radius 1 is 1.05 bits per heavy atom. The highest BCUT2D eigenvalue weighted by atomic mass is 16.6. The molecule has 2 aliphatic heterocycles. The molecule has 5 rings (SSSR count). The average molecular weight is 509 g/mol. The summed E-state index contributed by atoms with van der Waals surface area (Å²) in [7, 11) is 5.88.